The zero-order valence-electron chi connectivity index (χ0n) is 25.2. The molecule has 11 heteroatoms. The van der Waals surface area contributed by atoms with Crippen molar-refractivity contribution >= 4 is 52.4 Å². The van der Waals surface area contributed by atoms with Gasteiger partial charge in [0, 0.05) is 29.5 Å². The molecule has 0 aliphatic heterocycles. The van der Waals surface area contributed by atoms with Crippen LogP contribution in [-0.2, 0) is 14.4 Å². The van der Waals surface area contributed by atoms with Crippen molar-refractivity contribution in [3.05, 3.63) is 126 Å². The fourth-order valence-electron chi connectivity index (χ4n) is 3.59. The topological polar surface area (TPSA) is 171 Å². The smallest absolute Gasteiger partial charge is 0.343 e. The van der Waals surface area contributed by atoms with Gasteiger partial charge in [-0.3, -0.25) is 19.2 Å². The fourth-order valence-corrected chi connectivity index (χ4v) is 3.59. The maximum atomic E-state index is 12.8. The third-order valence-corrected chi connectivity index (χ3v) is 5.77. The van der Waals surface area contributed by atoms with Crippen LogP contribution < -0.4 is 25.8 Å². The summed E-state index contributed by atoms with van der Waals surface area (Å²) in [5.74, 6) is -1.42. The van der Waals surface area contributed by atoms with Crippen LogP contribution in [0.2, 0.25) is 0 Å². The van der Waals surface area contributed by atoms with Crippen molar-refractivity contribution in [2.24, 2.45) is 0 Å². The van der Waals surface area contributed by atoms with Crippen LogP contribution in [0.3, 0.4) is 0 Å². The van der Waals surface area contributed by atoms with E-state index in [0.717, 1.165) is 0 Å². The maximum Gasteiger partial charge on any atom is 0.343 e. The van der Waals surface area contributed by atoms with Gasteiger partial charge in [0.2, 0.25) is 5.91 Å². The molecule has 2 amide bonds. The Balaban J connectivity index is 0.000000637. The van der Waals surface area contributed by atoms with Crippen molar-refractivity contribution in [3.8, 4) is 11.5 Å². The summed E-state index contributed by atoms with van der Waals surface area (Å²) in [6.45, 7) is 4.20. The van der Waals surface area contributed by atoms with Crippen LogP contribution in [0.15, 0.2) is 109 Å². The average Bonchev–Trinajstić information content (AvgIpc) is 3.02. The van der Waals surface area contributed by atoms with E-state index >= 15 is 0 Å². The van der Waals surface area contributed by atoms with E-state index in [4.69, 9.17) is 15.2 Å². The molecule has 0 saturated carbocycles. The fraction of sp³-hybridized carbons (Fsp3) is 0.0857. The predicted molar refractivity (Wildman–Crippen MR) is 173 cm³/mol. The maximum absolute atomic E-state index is 12.8. The number of hydrogen-bond acceptors (Lipinski definition) is 9. The lowest BCUT2D eigenvalue weighted by atomic mass is 10.1. The molecule has 0 radical (unpaired) electrons. The van der Waals surface area contributed by atoms with Crippen LogP contribution >= 0.6 is 0 Å². The summed E-state index contributed by atoms with van der Waals surface area (Å²) in [6, 6.07) is 25.1. The molecule has 0 atom stereocenters. The van der Waals surface area contributed by atoms with Gasteiger partial charge in [0.15, 0.2) is 11.6 Å². The number of ketones is 2. The van der Waals surface area contributed by atoms with Gasteiger partial charge in [-0.15, -0.1) is 0 Å². The molecule has 4 aromatic carbocycles. The van der Waals surface area contributed by atoms with Crippen LogP contribution in [0.25, 0.3) is 0 Å². The highest BCUT2D eigenvalue weighted by molar-refractivity contribution is 6.06. The Morgan fingerprint density at radius 3 is 1.50 bits per heavy atom. The van der Waals surface area contributed by atoms with Gasteiger partial charge >= 0.3 is 11.9 Å². The molecule has 0 unspecified atom stereocenters. The van der Waals surface area contributed by atoms with E-state index in [2.05, 4.69) is 10.6 Å². The highest BCUT2D eigenvalue weighted by atomic mass is 16.5. The molecule has 4 rings (SSSR count). The van der Waals surface area contributed by atoms with E-state index in [0.29, 0.717) is 28.4 Å². The lowest BCUT2D eigenvalue weighted by Crippen LogP contribution is -2.14. The lowest BCUT2D eigenvalue weighted by molar-refractivity contribution is -0.114. The Bertz CT molecular complexity index is 1750. The second-order valence-corrected chi connectivity index (χ2v) is 9.72. The van der Waals surface area contributed by atoms with E-state index in [9.17, 15) is 28.8 Å². The van der Waals surface area contributed by atoms with E-state index in [-0.39, 0.29) is 34.4 Å². The number of rotatable bonds is 9. The Labute approximate surface area is 265 Å². The molecule has 0 aliphatic carbocycles. The number of nitrogens with one attached hydrogen (secondary N) is 2. The van der Waals surface area contributed by atoms with E-state index < -0.39 is 17.8 Å². The number of amides is 2. The molecule has 4 aromatic rings. The van der Waals surface area contributed by atoms with Crippen LogP contribution in [0.5, 0.6) is 11.5 Å². The summed E-state index contributed by atoms with van der Waals surface area (Å²) in [5, 5.41) is 5.36. The molecule has 4 N–H and O–H groups in total. The van der Waals surface area contributed by atoms with Crippen LogP contribution in [0.1, 0.15) is 51.8 Å². The quantitative estimate of drug-likeness (QED) is 0.0926. The van der Waals surface area contributed by atoms with Crippen LogP contribution in [0, 0.1) is 0 Å². The number of allylic oxidation sites excluding steroid dienone is 2. The zero-order valence-corrected chi connectivity index (χ0v) is 25.2. The first kappa shape index (κ1) is 34.1. The Hall–Kier alpha value is -6.36. The van der Waals surface area contributed by atoms with Crippen molar-refractivity contribution in [2.45, 2.75) is 20.8 Å². The molecule has 0 bridgehead atoms. The third-order valence-electron chi connectivity index (χ3n) is 5.77. The molecular weight excluding hydrogens is 590 g/mol. The molecule has 0 aromatic heterocycles. The number of benzene rings is 4. The van der Waals surface area contributed by atoms with Crippen LogP contribution in [-0.4, -0.2) is 35.3 Å². The number of nitrogen functional groups attached to an aromatic ring is 1. The van der Waals surface area contributed by atoms with Crippen molar-refractivity contribution < 1.29 is 38.2 Å². The second kappa shape index (κ2) is 16.5. The number of esters is 2. The summed E-state index contributed by atoms with van der Waals surface area (Å²) >= 11 is 0. The first-order valence-electron chi connectivity index (χ1n) is 13.8. The molecular formula is C35H31N3O8. The minimum absolute atomic E-state index is 0.0970. The molecule has 11 nitrogen and oxygen atoms in total. The first-order chi connectivity index (χ1) is 21.9. The summed E-state index contributed by atoms with van der Waals surface area (Å²) in [4.78, 5) is 68.9. The van der Waals surface area contributed by atoms with Gasteiger partial charge in [0.25, 0.3) is 5.91 Å². The van der Waals surface area contributed by atoms with Gasteiger partial charge in [-0.2, -0.15) is 0 Å². The van der Waals surface area contributed by atoms with E-state index in [1.807, 2.05) is 0 Å². The molecule has 0 fully saturated rings. The van der Waals surface area contributed by atoms with Crippen molar-refractivity contribution in [3.63, 3.8) is 0 Å². The third kappa shape index (κ3) is 11.4. The summed E-state index contributed by atoms with van der Waals surface area (Å²) in [5.41, 5.74) is 8.01. The van der Waals surface area contributed by atoms with Gasteiger partial charge in [0.05, 0.1) is 11.1 Å². The summed E-state index contributed by atoms with van der Waals surface area (Å²) in [6.07, 6.45) is 2.50. The summed E-state index contributed by atoms with van der Waals surface area (Å²) < 4.78 is 10.7. The number of anilines is 3. The highest BCUT2D eigenvalue weighted by Gasteiger charge is 2.14. The number of carbonyl (C=O) groups excluding carboxylic acids is 6. The van der Waals surface area contributed by atoms with Gasteiger partial charge in [-0.1, -0.05) is 6.07 Å². The molecule has 0 saturated heterocycles. The molecule has 0 aliphatic rings. The highest BCUT2D eigenvalue weighted by Crippen LogP contribution is 2.20. The standard InChI is InChI=1S/C29H23N3O6.C6H8O2/c1-18(33)31-23-9-13-26(14-10-23)38-29(36)21-4-2-3-20(17-21)27(34)32-24-11-15-25(16-12-24)37-28(35)19-5-7-22(30)8-6-19;1-5(7)3-4-6(2)8/h2-17H,30H2,1H3,(H,31,33)(H,32,34);3-4H,1-2H3/b;4-3-. The SMILES string of the molecule is CC(=O)/C=C\C(C)=O.CC(=O)Nc1ccc(OC(=O)c2cccc(C(=O)Nc3ccc(OC(=O)c4ccc(N)cc4)cc3)c2)cc1. The van der Waals surface area contributed by atoms with Gasteiger partial charge < -0.3 is 25.8 Å². The average molecular weight is 622 g/mol. The Morgan fingerprint density at radius 2 is 1.02 bits per heavy atom. The molecule has 0 heterocycles. The minimum atomic E-state index is -0.640. The Morgan fingerprint density at radius 1 is 0.565 bits per heavy atom. The van der Waals surface area contributed by atoms with Crippen molar-refractivity contribution in [2.75, 3.05) is 16.4 Å². The number of carbonyl (C=O) groups is 6. The first-order valence-corrected chi connectivity index (χ1v) is 13.8. The number of hydrogen-bond donors (Lipinski definition) is 3. The van der Waals surface area contributed by atoms with Gasteiger partial charge in [-0.25, -0.2) is 9.59 Å². The molecule has 46 heavy (non-hydrogen) atoms. The normalized spacial score (nSPS) is 10.2. The predicted octanol–water partition coefficient (Wildman–Crippen LogP) is 5.64. The van der Waals surface area contributed by atoms with Crippen LogP contribution in [0.4, 0.5) is 17.1 Å². The zero-order chi connectivity index (χ0) is 33.6. The van der Waals surface area contributed by atoms with Crippen molar-refractivity contribution in [1.82, 2.24) is 0 Å². The van der Waals surface area contributed by atoms with E-state index in [1.54, 1.807) is 84.9 Å². The van der Waals surface area contributed by atoms with Gasteiger partial charge in [0.1, 0.15) is 11.5 Å². The van der Waals surface area contributed by atoms with E-state index in [1.165, 1.54) is 45.1 Å². The summed E-state index contributed by atoms with van der Waals surface area (Å²) in [7, 11) is 0. The molecule has 0 spiro atoms. The number of ether oxygens (including phenoxy) is 2. The second-order valence-electron chi connectivity index (χ2n) is 9.72. The minimum Gasteiger partial charge on any atom is -0.423 e. The van der Waals surface area contributed by atoms with Gasteiger partial charge in [-0.05, 0) is 117 Å². The lowest BCUT2D eigenvalue weighted by Gasteiger charge is -2.09. The number of nitrogens with two attached hydrogens (primary N) is 1. The molecule has 234 valence electrons. The van der Waals surface area contributed by atoms with Crippen molar-refractivity contribution in [1.29, 1.82) is 0 Å². The largest absolute Gasteiger partial charge is 0.423 e. The monoisotopic (exact) mass is 621 g/mol. The Kier molecular flexibility index (Phi) is 12.2.